The Morgan fingerprint density at radius 2 is 1.56 bits per heavy atom. The fourth-order valence-corrected chi connectivity index (χ4v) is 0.462. The first-order chi connectivity index (χ1) is 8.64. The molecule has 0 amide bonds. The summed E-state index contributed by atoms with van der Waals surface area (Å²) in [7, 11) is 0. The Bertz CT molecular complexity index is 168. The Morgan fingerprint density at radius 3 is 1.78 bits per heavy atom. The smallest absolute Gasteiger partial charge is 0.177 e. The van der Waals surface area contributed by atoms with Gasteiger partial charge in [-0.2, -0.15) is 4.89 Å². The molecule has 0 aromatic heterocycles. The third kappa shape index (κ3) is 36.0. The van der Waals surface area contributed by atoms with Crippen molar-refractivity contribution in [2.75, 3.05) is 13.2 Å². The highest BCUT2D eigenvalue weighted by Gasteiger charge is 1.98. The van der Waals surface area contributed by atoms with Gasteiger partial charge in [-0.25, -0.2) is 0 Å². The van der Waals surface area contributed by atoms with Gasteiger partial charge in [0.25, 0.3) is 0 Å². The third-order valence-corrected chi connectivity index (χ3v) is 1.84. The van der Waals surface area contributed by atoms with E-state index in [1.54, 1.807) is 12.2 Å². The molecule has 18 heavy (non-hydrogen) atoms. The molecule has 0 aliphatic heterocycles. The highest BCUT2D eigenvalue weighted by atomic mass is 35.5. The molecule has 0 aliphatic rings. The first-order valence-electron chi connectivity index (χ1n) is 6.00. The number of hydrogen-bond acceptors (Lipinski definition) is 3. The molecule has 0 heterocycles. The summed E-state index contributed by atoms with van der Waals surface area (Å²) in [4.78, 5) is 9.13. The van der Waals surface area contributed by atoms with Gasteiger partial charge in [0, 0.05) is 13.2 Å². The van der Waals surface area contributed by atoms with Gasteiger partial charge in [-0.3, -0.25) is 0 Å². The summed E-state index contributed by atoms with van der Waals surface area (Å²) in [6.45, 7) is 11.3. The standard InChI is InChI=1S/C6H11ClO2.C4H10O.C3H5Cl/c1-3-5-8-9-6(7)4-2;1-3-5-4-2;1-2-3-4/h3,5-6H,4H2,1-2H3;3-4H2,1-2H3;2-3H,1H3/b5-3+;;3-2+. The van der Waals surface area contributed by atoms with Crippen LogP contribution < -0.4 is 0 Å². The lowest BCUT2D eigenvalue weighted by molar-refractivity contribution is -0.262. The van der Waals surface area contributed by atoms with E-state index in [2.05, 4.69) is 9.78 Å². The number of alkyl halides is 1. The van der Waals surface area contributed by atoms with E-state index < -0.39 is 0 Å². The molecule has 0 bridgehead atoms. The van der Waals surface area contributed by atoms with Crippen molar-refractivity contribution in [3.63, 3.8) is 0 Å². The molecule has 0 radical (unpaired) electrons. The van der Waals surface area contributed by atoms with Crippen LogP contribution in [0.4, 0.5) is 0 Å². The van der Waals surface area contributed by atoms with Gasteiger partial charge >= 0.3 is 0 Å². The van der Waals surface area contributed by atoms with Crippen LogP contribution in [0.5, 0.6) is 0 Å². The first-order valence-corrected chi connectivity index (χ1v) is 6.88. The van der Waals surface area contributed by atoms with Crippen molar-refractivity contribution >= 4 is 23.2 Å². The van der Waals surface area contributed by atoms with Crippen LogP contribution in [0.15, 0.2) is 23.9 Å². The molecular formula is C13H26Cl2O3. The highest BCUT2D eigenvalue weighted by molar-refractivity contribution is 6.25. The number of hydrogen-bond donors (Lipinski definition) is 0. The second-order valence-electron chi connectivity index (χ2n) is 2.72. The lowest BCUT2D eigenvalue weighted by Crippen LogP contribution is -2.00. The van der Waals surface area contributed by atoms with Crippen LogP contribution in [0, 0.1) is 0 Å². The fourth-order valence-electron chi connectivity index (χ4n) is 0.420. The van der Waals surface area contributed by atoms with E-state index in [0.717, 1.165) is 19.6 Å². The maximum absolute atomic E-state index is 5.52. The molecule has 0 spiro atoms. The molecule has 0 N–H and O–H groups in total. The monoisotopic (exact) mass is 300 g/mol. The minimum atomic E-state index is -0.346. The second-order valence-corrected chi connectivity index (χ2v) is 3.46. The van der Waals surface area contributed by atoms with Gasteiger partial charge in [-0.05, 0) is 45.7 Å². The molecule has 0 rings (SSSR count). The number of halogens is 2. The summed E-state index contributed by atoms with van der Waals surface area (Å²) >= 11 is 10.5. The van der Waals surface area contributed by atoms with Gasteiger partial charge < -0.3 is 9.62 Å². The minimum absolute atomic E-state index is 0.346. The van der Waals surface area contributed by atoms with E-state index in [1.165, 1.54) is 11.8 Å². The quantitative estimate of drug-likeness (QED) is 0.290. The Balaban J connectivity index is -0.000000212. The van der Waals surface area contributed by atoms with Crippen molar-refractivity contribution in [2.24, 2.45) is 0 Å². The summed E-state index contributed by atoms with van der Waals surface area (Å²) in [5.74, 6) is 0. The normalized spacial score (nSPS) is 11.5. The maximum Gasteiger partial charge on any atom is 0.177 e. The fraction of sp³-hybridized carbons (Fsp3) is 0.692. The van der Waals surface area contributed by atoms with Crippen molar-refractivity contribution in [1.82, 2.24) is 0 Å². The van der Waals surface area contributed by atoms with Crippen molar-refractivity contribution in [2.45, 2.75) is 46.6 Å². The molecule has 1 unspecified atom stereocenters. The van der Waals surface area contributed by atoms with Crippen molar-refractivity contribution in [1.29, 1.82) is 0 Å². The predicted octanol–water partition coefficient (Wildman–Crippen LogP) is 5.24. The Morgan fingerprint density at radius 1 is 1.06 bits per heavy atom. The molecule has 0 aliphatic carbocycles. The van der Waals surface area contributed by atoms with Crippen LogP contribution in [0.1, 0.15) is 41.0 Å². The Hall–Kier alpha value is -0.220. The van der Waals surface area contributed by atoms with Gasteiger partial charge in [-0.15, -0.1) is 0 Å². The number of rotatable bonds is 6. The lowest BCUT2D eigenvalue weighted by atomic mass is 10.5. The molecule has 110 valence electrons. The van der Waals surface area contributed by atoms with Crippen LogP contribution in [0.3, 0.4) is 0 Å². The van der Waals surface area contributed by atoms with E-state index in [4.69, 9.17) is 27.9 Å². The van der Waals surface area contributed by atoms with E-state index in [0.29, 0.717) is 0 Å². The van der Waals surface area contributed by atoms with Crippen LogP contribution in [-0.2, 0) is 14.5 Å². The number of ether oxygens (including phenoxy) is 1. The summed E-state index contributed by atoms with van der Waals surface area (Å²) in [6, 6.07) is 0. The van der Waals surface area contributed by atoms with Crippen LogP contribution >= 0.6 is 23.2 Å². The largest absolute Gasteiger partial charge is 0.382 e. The molecule has 5 heteroatoms. The van der Waals surface area contributed by atoms with Crippen molar-refractivity contribution < 1.29 is 14.5 Å². The van der Waals surface area contributed by atoms with E-state index >= 15 is 0 Å². The van der Waals surface area contributed by atoms with Gasteiger partial charge in [0.05, 0.1) is 0 Å². The molecule has 0 aromatic rings. The third-order valence-electron chi connectivity index (χ3n) is 1.21. The van der Waals surface area contributed by atoms with E-state index in [1.807, 2.05) is 34.6 Å². The topological polar surface area (TPSA) is 27.7 Å². The van der Waals surface area contributed by atoms with Gasteiger partial charge in [-0.1, -0.05) is 36.2 Å². The zero-order valence-electron chi connectivity index (χ0n) is 12.0. The SMILES string of the molecule is C/C=C/Cl.C/C=C/OOC(Cl)CC.CCOCC. The zero-order valence-corrected chi connectivity index (χ0v) is 13.5. The molecule has 1 atom stereocenters. The number of allylic oxidation sites excluding steroid dienone is 2. The van der Waals surface area contributed by atoms with Gasteiger partial charge in [0.2, 0.25) is 0 Å². The average molecular weight is 301 g/mol. The van der Waals surface area contributed by atoms with Crippen LogP contribution in [0.2, 0.25) is 0 Å². The summed E-state index contributed by atoms with van der Waals surface area (Å²) in [5, 5.41) is 0. The maximum atomic E-state index is 5.52. The molecule has 0 saturated carbocycles. The molecular weight excluding hydrogens is 275 g/mol. The highest BCUT2D eigenvalue weighted by Crippen LogP contribution is 2.02. The van der Waals surface area contributed by atoms with Gasteiger partial charge in [0.15, 0.2) is 5.56 Å². The summed E-state index contributed by atoms with van der Waals surface area (Å²) in [5.41, 5.74) is 1.13. The average Bonchev–Trinajstić information content (AvgIpc) is 2.40. The van der Waals surface area contributed by atoms with Crippen LogP contribution in [-0.4, -0.2) is 18.8 Å². The zero-order chi connectivity index (χ0) is 14.6. The summed E-state index contributed by atoms with van der Waals surface area (Å²) in [6.07, 6.45) is 5.66. The Labute approximate surface area is 122 Å². The van der Waals surface area contributed by atoms with Crippen LogP contribution in [0.25, 0.3) is 0 Å². The van der Waals surface area contributed by atoms with Gasteiger partial charge in [0.1, 0.15) is 6.26 Å². The molecule has 0 aromatic carbocycles. The summed E-state index contributed by atoms with van der Waals surface area (Å²) < 4.78 is 4.83. The predicted molar refractivity (Wildman–Crippen MR) is 79.8 cm³/mol. The second kappa shape index (κ2) is 25.6. The molecule has 0 saturated heterocycles. The minimum Gasteiger partial charge on any atom is -0.382 e. The Kier molecular flexibility index (Phi) is 32.6. The van der Waals surface area contributed by atoms with Crippen molar-refractivity contribution in [3.8, 4) is 0 Å². The molecule has 3 nitrogen and oxygen atoms in total. The van der Waals surface area contributed by atoms with Crippen molar-refractivity contribution in [3.05, 3.63) is 23.9 Å². The van der Waals surface area contributed by atoms with E-state index in [9.17, 15) is 0 Å². The molecule has 0 fully saturated rings. The van der Waals surface area contributed by atoms with E-state index in [-0.39, 0.29) is 5.56 Å². The lowest BCUT2D eigenvalue weighted by Gasteiger charge is -2.03. The first kappa shape index (κ1) is 22.9.